The van der Waals surface area contributed by atoms with E-state index in [1.807, 2.05) is 0 Å². The van der Waals surface area contributed by atoms with Gasteiger partial charge in [-0.25, -0.2) is 0 Å². The van der Waals surface area contributed by atoms with Gasteiger partial charge in [0.1, 0.15) is 0 Å². The Morgan fingerprint density at radius 1 is 1.71 bits per heavy atom. The van der Waals surface area contributed by atoms with Crippen LogP contribution in [0.5, 0.6) is 0 Å². The fraction of sp³-hybridized carbons (Fsp3) is 0.800. The predicted octanol–water partition coefficient (Wildman–Crippen LogP) is 0.110. The number of hydrogen-bond donors (Lipinski definition) is 0. The van der Waals surface area contributed by atoms with Gasteiger partial charge in [-0.1, -0.05) is 0 Å². The first-order valence-corrected chi connectivity index (χ1v) is 2.53. The molecule has 0 amide bonds. The van der Waals surface area contributed by atoms with Crippen molar-refractivity contribution in [3.05, 3.63) is 6.92 Å². The number of rotatable bonds is 1. The smallest absolute Gasteiger partial charge is 0.0991 e. The standard InChI is InChI=1S/C5H10NO/c1-2-6-3-4-7-5-6/h1-5H2. The second-order valence-electron chi connectivity index (χ2n) is 1.66. The van der Waals surface area contributed by atoms with E-state index >= 15 is 0 Å². The van der Waals surface area contributed by atoms with E-state index in [-0.39, 0.29) is 0 Å². The van der Waals surface area contributed by atoms with Crippen molar-refractivity contribution in [1.29, 1.82) is 0 Å². The lowest BCUT2D eigenvalue weighted by Gasteiger charge is -2.05. The summed E-state index contributed by atoms with van der Waals surface area (Å²) in [5, 5.41) is 0. The van der Waals surface area contributed by atoms with Crippen LogP contribution in [0.2, 0.25) is 0 Å². The molecule has 0 atom stereocenters. The van der Waals surface area contributed by atoms with Crippen LogP contribution in [0, 0.1) is 6.92 Å². The van der Waals surface area contributed by atoms with Gasteiger partial charge in [-0.15, -0.1) is 0 Å². The molecule has 1 rings (SSSR count). The van der Waals surface area contributed by atoms with Crippen molar-refractivity contribution < 1.29 is 4.74 Å². The second-order valence-corrected chi connectivity index (χ2v) is 1.66. The van der Waals surface area contributed by atoms with Crippen LogP contribution in [0.1, 0.15) is 0 Å². The van der Waals surface area contributed by atoms with E-state index in [1.165, 1.54) is 0 Å². The normalized spacial score (nSPS) is 23.6. The Balaban J connectivity index is 2.14. The Hall–Kier alpha value is -0.0800. The Labute approximate surface area is 44.1 Å². The lowest BCUT2D eigenvalue weighted by Crippen LogP contribution is -2.18. The molecular weight excluding hydrogens is 90.1 g/mol. The molecule has 1 aliphatic rings. The number of ether oxygens (including phenoxy) is 1. The Morgan fingerprint density at radius 3 is 2.86 bits per heavy atom. The van der Waals surface area contributed by atoms with Crippen molar-refractivity contribution in [1.82, 2.24) is 4.90 Å². The predicted molar refractivity (Wildman–Crippen MR) is 27.7 cm³/mol. The van der Waals surface area contributed by atoms with Gasteiger partial charge in [-0.05, 0) is 6.92 Å². The second kappa shape index (κ2) is 2.28. The van der Waals surface area contributed by atoms with E-state index in [1.54, 1.807) is 0 Å². The molecule has 0 spiro atoms. The average molecular weight is 100 g/mol. The summed E-state index contributed by atoms with van der Waals surface area (Å²) in [5.41, 5.74) is 0. The van der Waals surface area contributed by atoms with Crippen molar-refractivity contribution in [2.75, 3.05) is 26.4 Å². The topological polar surface area (TPSA) is 12.5 Å². The van der Waals surface area contributed by atoms with Gasteiger partial charge >= 0.3 is 0 Å². The minimum atomic E-state index is 0.781. The highest BCUT2D eigenvalue weighted by atomic mass is 16.5. The van der Waals surface area contributed by atoms with E-state index in [9.17, 15) is 0 Å². The maximum absolute atomic E-state index is 5.03. The molecule has 1 fully saturated rings. The Morgan fingerprint density at radius 2 is 2.57 bits per heavy atom. The minimum Gasteiger partial charge on any atom is -0.365 e. The molecule has 0 aliphatic carbocycles. The van der Waals surface area contributed by atoms with Crippen molar-refractivity contribution in [3.8, 4) is 0 Å². The molecule has 2 nitrogen and oxygen atoms in total. The monoisotopic (exact) mass is 100 g/mol. The molecule has 1 heterocycles. The van der Waals surface area contributed by atoms with Gasteiger partial charge in [-0.2, -0.15) is 0 Å². The molecule has 7 heavy (non-hydrogen) atoms. The summed E-state index contributed by atoms with van der Waals surface area (Å²) in [5.74, 6) is 0. The van der Waals surface area contributed by atoms with Crippen LogP contribution in [0.25, 0.3) is 0 Å². The zero-order valence-corrected chi connectivity index (χ0v) is 4.39. The summed E-state index contributed by atoms with van der Waals surface area (Å²) >= 11 is 0. The summed E-state index contributed by atoms with van der Waals surface area (Å²) < 4.78 is 5.03. The molecule has 0 bridgehead atoms. The van der Waals surface area contributed by atoms with Crippen molar-refractivity contribution in [2.24, 2.45) is 0 Å². The summed E-state index contributed by atoms with van der Waals surface area (Å²) in [4.78, 5) is 2.15. The van der Waals surface area contributed by atoms with Crippen LogP contribution in [0.15, 0.2) is 0 Å². The van der Waals surface area contributed by atoms with E-state index < -0.39 is 0 Å². The molecule has 0 unspecified atom stereocenters. The third-order valence-corrected chi connectivity index (χ3v) is 1.14. The Bertz CT molecular complexity index is 50.0. The molecule has 0 aromatic rings. The molecule has 0 N–H and O–H groups in total. The largest absolute Gasteiger partial charge is 0.365 e. The van der Waals surface area contributed by atoms with Crippen LogP contribution < -0.4 is 0 Å². The SMILES string of the molecule is [CH2]CN1CCOC1. The fourth-order valence-electron chi connectivity index (χ4n) is 0.628. The van der Waals surface area contributed by atoms with Crippen molar-refractivity contribution in [3.63, 3.8) is 0 Å². The van der Waals surface area contributed by atoms with E-state index in [0.29, 0.717) is 0 Å². The molecule has 0 aromatic carbocycles. The molecular formula is C5H10NO. The lowest BCUT2D eigenvalue weighted by molar-refractivity contribution is 0.147. The zero-order chi connectivity index (χ0) is 5.11. The highest BCUT2D eigenvalue weighted by Crippen LogP contribution is 1.95. The molecule has 1 aliphatic heterocycles. The van der Waals surface area contributed by atoms with Gasteiger partial charge in [0, 0.05) is 13.1 Å². The van der Waals surface area contributed by atoms with Crippen LogP contribution in [0.4, 0.5) is 0 Å². The quantitative estimate of drug-likeness (QED) is 0.463. The maximum atomic E-state index is 5.03. The number of hydrogen-bond acceptors (Lipinski definition) is 2. The van der Waals surface area contributed by atoms with Gasteiger partial charge in [0.05, 0.1) is 13.3 Å². The highest BCUT2D eigenvalue weighted by Gasteiger charge is 2.07. The maximum Gasteiger partial charge on any atom is 0.0991 e. The average Bonchev–Trinajstić information content (AvgIpc) is 2.14. The van der Waals surface area contributed by atoms with Crippen LogP contribution >= 0.6 is 0 Å². The van der Waals surface area contributed by atoms with Gasteiger partial charge in [0.15, 0.2) is 0 Å². The van der Waals surface area contributed by atoms with E-state index in [0.717, 1.165) is 26.4 Å². The van der Waals surface area contributed by atoms with Crippen molar-refractivity contribution >= 4 is 0 Å². The first-order chi connectivity index (χ1) is 3.43. The summed E-state index contributed by atoms with van der Waals surface area (Å²) in [7, 11) is 0. The van der Waals surface area contributed by atoms with E-state index in [4.69, 9.17) is 4.74 Å². The first kappa shape index (κ1) is 5.06. The van der Waals surface area contributed by atoms with Crippen LogP contribution in [-0.4, -0.2) is 31.3 Å². The molecule has 2 heteroatoms. The van der Waals surface area contributed by atoms with Gasteiger partial charge in [0.25, 0.3) is 0 Å². The van der Waals surface area contributed by atoms with Gasteiger partial charge < -0.3 is 4.74 Å². The molecule has 0 saturated carbocycles. The molecule has 1 saturated heterocycles. The summed E-state index contributed by atoms with van der Waals surface area (Å²) in [6.07, 6.45) is 0. The lowest BCUT2D eigenvalue weighted by atomic mass is 10.6. The Kier molecular flexibility index (Phi) is 1.65. The van der Waals surface area contributed by atoms with Crippen molar-refractivity contribution in [2.45, 2.75) is 0 Å². The minimum absolute atomic E-state index is 0.781. The fourth-order valence-corrected chi connectivity index (χ4v) is 0.628. The van der Waals surface area contributed by atoms with Crippen LogP contribution in [0.3, 0.4) is 0 Å². The number of nitrogens with zero attached hydrogens (tertiary/aromatic N) is 1. The third-order valence-electron chi connectivity index (χ3n) is 1.14. The molecule has 41 valence electrons. The van der Waals surface area contributed by atoms with Gasteiger partial charge in [0.2, 0.25) is 0 Å². The highest BCUT2D eigenvalue weighted by molar-refractivity contribution is 4.57. The molecule has 1 radical (unpaired) electrons. The first-order valence-electron chi connectivity index (χ1n) is 2.53. The zero-order valence-electron chi connectivity index (χ0n) is 4.39. The van der Waals surface area contributed by atoms with Crippen LogP contribution in [-0.2, 0) is 4.74 Å². The molecule has 0 aromatic heterocycles. The summed E-state index contributed by atoms with van der Waals surface area (Å²) in [6.45, 7) is 7.31. The van der Waals surface area contributed by atoms with E-state index in [2.05, 4.69) is 11.8 Å². The summed E-state index contributed by atoms with van der Waals surface area (Å²) in [6, 6.07) is 0. The van der Waals surface area contributed by atoms with Gasteiger partial charge in [-0.3, -0.25) is 4.90 Å². The third kappa shape index (κ3) is 1.14.